The number of hydrogen-bond donors (Lipinski definition) is 1. The topological polar surface area (TPSA) is 83.9 Å². The monoisotopic (exact) mass is 552 g/mol. The molecule has 1 atom stereocenters. The number of aromatic nitrogens is 1. The van der Waals surface area contributed by atoms with Gasteiger partial charge in [0.15, 0.2) is 15.8 Å². The molecular weight excluding hydrogens is 523 g/mol. The summed E-state index contributed by atoms with van der Waals surface area (Å²) in [6.07, 6.45) is 1.23. The van der Waals surface area contributed by atoms with Gasteiger partial charge in [-0.3, -0.25) is 4.99 Å². The maximum atomic E-state index is 11.4. The van der Waals surface area contributed by atoms with Crippen LogP contribution in [0.3, 0.4) is 0 Å². The molecule has 0 aliphatic carbocycles. The molecule has 2 aromatic rings. The van der Waals surface area contributed by atoms with E-state index >= 15 is 0 Å². The lowest BCUT2D eigenvalue weighted by Crippen LogP contribution is -2.38. The van der Waals surface area contributed by atoms with Gasteiger partial charge in [0.1, 0.15) is 11.1 Å². The van der Waals surface area contributed by atoms with E-state index in [-0.39, 0.29) is 35.8 Å². The SMILES string of the molecule is CN=C(NCc1ccc(CS(C)(=O)=O)cc1)N(C)Cc1csc(C(C)OC)n1.I. The Morgan fingerprint density at radius 1 is 1.31 bits per heavy atom. The van der Waals surface area contributed by atoms with Crippen LogP contribution in [0.2, 0.25) is 0 Å². The number of aliphatic imine (C=N–C) groups is 1. The summed E-state index contributed by atoms with van der Waals surface area (Å²) in [6, 6.07) is 7.55. The van der Waals surface area contributed by atoms with Crippen LogP contribution in [0.15, 0.2) is 34.6 Å². The van der Waals surface area contributed by atoms with Crippen molar-refractivity contribution in [1.82, 2.24) is 15.2 Å². The molecule has 1 N–H and O–H groups in total. The minimum atomic E-state index is -3.02. The number of benzene rings is 1. The van der Waals surface area contributed by atoms with E-state index in [9.17, 15) is 8.42 Å². The lowest BCUT2D eigenvalue weighted by Gasteiger charge is -2.21. The third-order valence-corrected chi connectivity index (χ3v) is 6.06. The van der Waals surface area contributed by atoms with Crippen molar-refractivity contribution in [1.29, 1.82) is 0 Å². The van der Waals surface area contributed by atoms with Crippen molar-refractivity contribution in [3.63, 3.8) is 0 Å². The number of guanidine groups is 1. The first-order chi connectivity index (χ1) is 13.2. The number of methoxy groups -OCH3 is 1. The standard InChI is InChI=1S/C19H28N4O3S2.HI/c1-14(26-4)18-22-17(12-27-18)11-23(3)19(20-2)21-10-15-6-8-16(9-7-15)13-28(5,24)25;/h6-9,12,14H,10-11,13H2,1-5H3,(H,20,21);1H. The lowest BCUT2D eigenvalue weighted by molar-refractivity contribution is 0.119. The number of thiazole rings is 1. The average Bonchev–Trinajstić information content (AvgIpc) is 3.10. The van der Waals surface area contributed by atoms with Crippen LogP contribution in [0.4, 0.5) is 0 Å². The van der Waals surface area contributed by atoms with Gasteiger partial charge in [0.2, 0.25) is 0 Å². The molecule has 1 unspecified atom stereocenters. The molecule has 0 saturated heterocycles. The predicted molar refractivity (Wildman–Crippen MR) is 130 cm³/mol. The second-order valence-electron chi connectivity index (χ2n) is 6.70. The van der Waals surface area contributed by atoms with Gasteiger partial charge in [-0.05, 0) is 18.1 Å². The zero-order valence-corrected chi connectivity index (χ0v) is 21.3. The van der Waals surface area contributed by atoms with E-state index in [4.69, 9.17) is 4.74 Å². The molecule has 2 rings (SSSR count). The number of rotatable bonds is 8. The van der Waals surface area contributed by atoms with Gasteiger partial charge in [-0.25, -0.2) is 13.4 Å². The Bertz CT molecular complexity index is 898. The van der Waals surface area contributed by atoms with Crippen molar-refractivity contribution in [3.8, 4) is 0 Å². The van der Waals surface area contributed by atoms with E-state index in [1.54, 1.807) is 25.5 Å². The molecule has 1 aromatic carbocycles. The van der Waals surface area contributed by atoms with Crippen molar-refractivity contribution in [2.75, 3.05) is 27.5 Å². The quantitative estimate of drug-likeness (QED) is 0.308. The highest BCUT2D eigenvalue weighted by atomic mass is 127. The van der Waals surface area contributed by atoms with Gasteiger partial charge in [-0.1, -0.05) is 24.3 Å². The summed E-state index contributed by atoms with van der Waals surface area (Å²) in [6.45, 7) is 3.22. The average molecular weight is 553 g/mol. The zero-order valence-electron chi connectivity index (χ0n) is 17.4. The van der Waals surface area contributed by atoms with Crippen molar-refractivity contribution < 1.29 is 13.2 Å². The number of hydrogen-bond acceptors (Lipinski definition) is 6. The molecule has 29 heavy (non-hydrogen) atoms. The molecule has 7 nitrogen and oxygen atoms in total. The van der Waals surface area contributed by atoms with Crippen LogP contribution in [0.5, 0.6) is 0 Å². The Kier molecular flexibility index (Phi) is 10.5. The third-order valence-electron chi connectivity index (χ3n) is 4.15. The van der Waals surface area contributed by atoms with E-state index in [0.29, 0.717) is 13.1 Å². The summed E-state index contributed by atoms with van der Waals surface area (Å²) in [5.41, 5.74) is 2.81. The number of halogens is 1. The van der Waals surface area contributed by atoms with E-state index < -0.39 is 9.84 Å². The van der Waals surface area contributed by atoms with Crippen LogP contribution in [0.1, 0.15) is 34.9 Å². The lowest BCUT2D eigenvalue weighted by atomic mass is 10.1. The molecule has 0 aliphatic rings. The minimum absolute atomic E-state index is 0. The summed E-state index contributed by atoms with van der Waals surface area (Å²) in [7, 11) is 2.36. The van der Waals surface area contributed by atoms with Crippen LogP contribution in [-0.2, 0) is 33.4 Å². The molecule has 1 heterocycles. The molecule has 10 heteroatoms. The molecule has 0 saturated carbocycles. The van der Waals surface area contributed by atoms with Crippen LogP contribution in [0.25, 0.3) is 0 Å². The summed E-state index contributed by atoms with van der Waals surface area (Å²) in [4.78, 5) is 10.9. The van der Waals surface area contributed by atoms with Gasteiger partial charge in [-0.15, -0.1) is 35.3 Å². The molecule has 1 aromatic heterocycles. The summed E-state index contributed by atoms with van der Waals surface area (Å²) in [5, 5.41) is 6.32. The van der Waals surface area contributed by atoms with Crippen LogP contribution in [0, 0.1) is 0 Å². The summed E-state index contributed by atoms with van der Waals surface area (Å²) < 4.78 is 28.1. The number of sulfone groups is 1. The fourth-order valence-electron chi connectivity index (χ4n) is 2.62. The molecule has 0 fully saturated rings. The fraction of sp³-hybridized carbons (Fsp3) is 0.474. The van der Waals surface area contributed by atoms with Crippen LogP contribution >= 0.6 is 35.3 Å². The predicted octanol–water partition coefficient (Wildman–Crippen LogP) is 3.22. The second kappa shape index (κ2) is 11.8. The van der Waals surface area contributed by atoms with E-state index in [1.165, 1.54) is 6.26 Å². The highest BCUT2D eigenvalue weighted by Crippen LogP contribution is 2.21. The first-order valence-corrected chi connectivity index (χ1v) is 11.8. The van der Waals surface area contributed by atoms with Gasteiger partial charge >= 0.3 is 0 Å². The van der Waals surface area contributed by atoms with Gasteiger partial charge in [0.05, 0.1) is 18.0 Å². The molecule has 0 amide bonds. The van der Waals surface area contributed by atoms with Crippen LogP contribution < -0.4 is 5.32 Å². The van der Waals surface area contributed by atoms with Crippen molar-refractivity contribution in [3.05, 3.63) is 51.5 Å². The first-order valence-electron chi connectivity index (χ1n) is 8.86. The molecular formula is C19H29IN4O3S2. The zero-order chi connectivity index (χ0) is 20.7. The maximum Gasteiger partial charge on any atom is 0.194 e. The van der Waals surface area contributed by atoms with Crippen molar-refractivity contribution in [2.45, 2.75) is 31.9 Å². The minimum Gasteiger partial charge on any atom is -0.375 e. The molecule has 0 aliphatic heterocycles. The molecule has 162 valence electrons. The Morgan fingerprint density at radius 3 is 2.48 bits per heavy atom. The third kappa shape index (κ3) is 8.57. The Labute approximate surface area is 194 Å². The highest BCUT2D eigenvalue weighted by molar-refractivity contribution is 14.0. The molecule has 0 bridgehead atoms. The van der Waals surface area contributed by atoms with Gasteiger partial charge < -0.3 is 15.0 Å². The smallest absolute Gasteiger partial charge is 0.194 e. The van der Waals surface area contributed by atoms with E-state index in [1.807, 2.05) is 48.5 Å². The van der Waals surface area contributed by atoms with Gasteiger partial charge in [0, 0.05) is 39.4 Å². The summed E-state index contributed by atoms with van der Waals surface area (Å²) in [5.74, 6) is 0.817. The Morgan fingerprint density at radius 2 is 1.93 bits per heavy atom. The Hall–Kier alpha value is -1.24. The number of nitrogens with one attached hydrogen (secondary N) is 1. The molecule has 0 spiro atoms. The number of ether oxygens (including phenoxy) is 1. The largest absolute Gasteiger partial charge is 0.375 e. The van der Waals surface area contributed by atoms with Gasteiger partial charge in [-0.2, -0.15) is 0 Å². The van der Waals surface area contributed by atoms with Gasteiger partial charge in [0.25, 0.3) is 0 Å². The Balaban J connectivity index is 0.00000420. The maximum absolute atomic E-state index is 11.4. The number of nitrogens with zero attached hydrogens (tertiary/aromatic N) is 3. The van der Waals surface area contributed by atoms with Crippen LogP contribution in [-0.4, -0.2) is 51.7 Å². The second-order valence-corrected chi connectivity index (χ2v) is 9.73. The van der Waals surface area contributed by atoms with E-state index in [2.05, 4.69) is 15.3 Å². The first kappa shape index (κ1) is 25.8. The normalized spacial score (nSPS) is 12.9. The van der Waals surface area contributed by atoms with E-state index in [0.717, 1.165) is 27.8 Å². The van der Waals surface area contributed by atoms with Crippen molar-refractivity contribution in [2.24, 2.45) is 4.99 Å². The van der Waals surface area contributed by atoms with Crippen molar-refractivity contribution >= 4 is 51.1 Å². The summed E-state index contributed by atoms with van der Waals surface area (Å²) >= 11 is 1.59. The molecule has 0 radical (unpaired) electrons. The fourth-order valence-corrected chi connectivity index (χ4v) is 4.26. The highest BCUT2D eigenvalue weighted by Gasteiger charge is 2.13.